The predicted octanol–water partition coefficient (Wildman–Crippen LogP) is 3.14. The Kier molecular flexibility index (Phi) is 4.87. The second kappa shape index (κ2) is 7.25. The largest absolute Gasteiger partial charge is 0.492 e. The summed E-state index contributed by atoms with van der Waals surface area (Å²) in [5, 5.41) is 0. The summed E-state index contributed by atoms with van der Waals surface area (Å²) in [6.07, 6.45) is 0.177. The van der Waals surface area contributed by atoms with Gasteiger partial charge in [0, 0.05) is 19.6 Å². The number of hydrogen-bond donors (Lipinski definition) is 0. The molecule has 3 rings (SSSR count). The summed E-state index contributed by atoms with van der Waals surface area (Å²) in [6, 6.07) is 20.4. The van der Waals surface area contributed by atoms with E-state index in [2.05, 4.69) is 29.2 Å². The van der Waals surface area contributed by atoms with Crippen LogP contribution in [-0.2, 0) is 4.74 Å². The number of benzene rings is 2. The molecule has 1 heterocycles. The molecule has 21 heavy (non-hydrogen) atoms. The van der Waals surface area contributed by atoms with Crippen LogP contribution in [0.4, 0.5) is 0 Å². The fourth-order valence-corrected chi connectivity index (χ4v) is 2.58. The fourth-order valence-electron chi connectivity index (χ4n) is 2.58. The van der Waals surface area contributed by atoms with Gasteiger partial charge < -0.3 is 9.47 Å². The number of para-hydroxylation sites is 1. The van der Waals surface area contributed by atoms with Crippen LogP contribution in [0.25, 0.3) is 0 Å². The first-order valence-electron chi connectivity index (χ1n) is 7.48. The van der Waals surface area contributed by atoms with Crippen LogP contribution < -0.4 is 4.74 Å². The molecule has 0 N–H and O–H groups in total. The third-order valence-electron chi connectivity index (χ3n) is 3.74. The van der Waals surface area contributed by atoms with Crippen LogP contribution in [0.15, 0.2) is 60.7 Å². The zero-order valence-electron chi connectivity index (χ0n) is 12.2. The van der Waals surface area contributed by atoms with Crippen LogP contribution in [0.3, 0.4) is 0 Å². The first-order chi connectivity index (χ1) is 10.4. The Bertz CT molecular complexity index is 529. The number of rotatable bonds is 5. The molecule has 1 aliphatic heterocycles. The lowest BCUT2D eigenvalue weighted by molar-refractivity contribution is -0.0329. The third-order valence-corrected chi connectivity index (χ3v) is 3.74. The molecule has 1 aliphatic rings. The van der Waals surface area contributed by atoms with Crippen molar-refractivity contribution in [2.24, 2.45) is 0 Å². The lowest BCUT2D eigenvalue weighted by Crippen LogP contribution is -2.40. The molecule has 2 aromatic rings. The molecule has 0 aromatic heterocycles. The zero-order chi connectivity index (χ0) is 14.3. The van der Waals surface area contributed by atoms with Gasteiger partial charge in [0.1, 0.15) is 12.4 Å². The Morgan fingerprint density at radius 2 is 1.71 bits per heavy atom. The minimum absolute atomic E-state index is 0.177. The van der Waals surface area contributed by atoms with Gasteiger partial charge in [0.05, 0.1) is 12.7 Å². The first-order valence-corrected chi connectivity index (χ1v) is 7.48. The second-order valence-corrected chi connectivity index (χ2v) is 5.23. The maximum Gasteiger partial charge on any atom is 0.119 e. The molecule has 0 aliphatic carbocycles. The van der Waals surface area contributed by atoms with Crippen molar-refractivity contribution in [3.8, 4) is 5.75 Å². The van der Waals surface area contributed by atoms with Gasteiger partial charge in [0.2, 0.25) is 0 Å². The van der Waals surface area contributed by atoms with E-state index < -0.39 is 0 Å². The molecule has 3 heteroatoms. The van der Waals surface area contributed by atoms with E-state index in [4.69, 9.17) is 9.47 Å². The molecule has 2 aromatic carbocycles. The summed E-state index contributed by atoms with van der Waals surface area (Å²) in [4.78, 5) is 2.41. The number of nitrogens with zero attached hydrogens (tertiary/aromatic N) is 1. The van der Waals surface area contributed by atoms with Crippen LogP contribution in [0.2, 0.25) is 0 Å². The maximum absolute atomic E-state index is 5.88. The van der Waals surface area contributed by atoms with Crippen molar-refractivity contribution in [3.63, 3.8) is 0 Å². The molecular formula is C18H21NO2. The molecule has 1 saturated heterocycles. The van der Waals surface area contributed by atoms with Gasteiger partial charge in [0.25, 0.3) is 0 Å². The van der Waals surface area contributed by atoms with Crippen LogP contribution in [0, 0.1) is 0 Å². The Labute approximate surface area is 126 Å². The molecule has 1 unspecified atom stereocenters. The lowest BCUT2D eigenvalue weighted by atomic mass is 10.1. The molecule has 110 valence electrons. The highest BCUT2D eigenvalue weighted by atomic mass is 16.5. The monoisotopic (exact) mass is 283 g/mol. The first kappa shape index (κ1) is 14.1. The van der Waals surface area contributed by atoms with Gasteiger partial charge in [-0.05, 0) is 17.7 Å². The van der Waals surface area contributed by atoms with E-state index in [0.29, 0.717) is 6.61 Å². The van der Waals surface area contributed by atoms with Gasteiger partial charge in [0.15, 0.2) is 0 Å². The molecule has 1 atom stereocenters. The number of hydrogen-bond acceptors (Lipinski definition) is 3. The van der Waals surface area contributed by atoms with Crippen molar-refractivity contribution in [3.05, 3.63) is 66.2 Å². The summed E-state index contributed by atoms with van der Waals surface area (Å²) < 4.78 is 11.6. The van der Waals surface area contributed by atoms with Gasteiger partial charge in [-0.3, -0.25) is 4.90 Å². The maximum atomic E-state index is 5.88. The van der Waals surface area contributed by atoms with E-state index in [1.54, 1.807) is 0 Å². The smallest absolute Gasteiger partial charge is 0.119 e. The van der Waals surface area contributed by atoms with Gasteiger partial charge in [-0.1, -0.05) is 48.5 Å². The summed E-state index contributed by atoms with van der Waals surface area (Å²) >= 11 is 0. The minimum Gasteiger partial charge on any atom is -0.492 e. The molecule has 0 amide bonds. The quantitative estimate of drug-likeness (QED) is 0.841. The van der Waals surface area contributed by atoms with Crippen molar-refractivity contribution in [1.82, 2.24) is 4.90 Å². The van der Waals surface area contributed by atoms with Gasteiger partial charge in [-0.2, -0.15) is 0 Å². The predicted molar refractivity (Wildman–Crippen MR) is 83.5 cm³/mol. The molecule has 0 spiro atoms. The molecule has 0 radical (unpaired) electrons. The lowest BCUT2D eigenvalue weighted by Gasteiger charge is -2.33. The van der Waals surface area contributed by atoms with Gasteiger partial charge >= 0.3 is 0 Å². The molecule has 0 saturated carbocycles. The summed E-state index contributed by atoms with van der Waals surface area (Å²) in [5.74, 6) is 0.936. The highest BCUT2D eigenvalue weighted by Crippen LogP contribution is 2.21. The highest BCUT2D eigenvalue weighted by molar-refractivity contribution is 5.21. The molecule has 3 nitrogen and oxygen atoms in total. The highest BCUT2D eigenvalue weighted by Gasteiger charge is 2.21. The minimum atomic E-state index is 0.177. The van der Waals surface area contributed by atoms with E-state index in [1.807, 2.05) is 36.4 Å². The zero-order valence-corrected chi connectivity index (χ0v) is 12.2. The average Bonchev–Trinajstić information content (AvgIpc) is 2.57. The van der Waals surface area contributed by atoms with Crippen molar-refractivity contribution < 1.29 is 9.47 Å². The van der Waals surface area contributed by atoms with Gasteiger partial charge in [-0.15, -0.1) is 0 Å². The van der Waals surface area contributed by atoms with Crippen LogP contribution in [0.5, 0.6) is 5.75 Å². The Balaban J connectivity index is 1.48. The van der Waals surface area contributed by atoms with E-state index in [9.17, 15) is 0 Å². The number of ether oxygens (including phenoxy) is 2. The normalized spacial score (nSPS) is 19.3. The Morgan fingerprint density at radius 1 is 1.00 bits per heavy atom. The molecule has 0 bridgehead atoms. The standard InChI is InChI=1S/C18H21NO2/c1-3-7-16(8-4-1)18-15-19(12-14-21-18)11-13-20-17-9-5-2-6-10-17/h1-10,18H,11-15H2. The van der Waals surface area contributed by atoms with E-state index in [-0.39, 0.29) is 6.10 Å². The van der Waals surface area contributed by atoms with E-state index >= 15 is 0 Å². The summed E-state index contributed by atoms with van der Waals surface area (Å²) in [7, 11) is 0. The second-order valence-electron chi connectivity index (χ2n) is 5.23. The topological polar surface area (TPSA) is 21.7 Å². The van der Waals surface area contributed by atoms with Crippen LogP contribution in [-0.4, -0.2) is 37.7 Å². The van der Waals surface area contributed by atoms with Crippen molar-refractivity contribution in [2.75, 3.05) is 32.8 Å². The Hall–Kier alpha value is -1.84. The average molecular weight is 283 g/mol. The van der Waals surface area contributed by atoms with Crippen LogP contribution in [0.1, 0.15) is 11.7 Å². The van der Waals surface area contributed by atoms with E-state index in [1.165, 1.54) is 5.56 Å². The molecule has 1 fully saturated rings. The number of morpholine rings is 1. The fraction of sp³-hybridized carbons (Fsp3) is 0.333. The third kappa shape index (κ3) is 4.06. The van der Waals surface area contributed by atoms with Crippen molar-refractivity contribution in [2.45, 2.75) is 6.10 Å². The summed E-state index contributed by atoms with van der Waals surface area (Å²) in [5.41, 5.74) is 1.26. The van der Waals surface area contributed by atoms with Crippen LogP contribution >= 0.6 is 0 Å². The van der Waals surface area contributed by atoms with Crippen molar-refractivity contribution in [1.29, 1.82) is 0 Å². The van der Waals surface area contributed by atoms with E-state index in [0.717, 1.165) is 32.0 Å². The summed E-state index contributed by atoms with van der Waals surface area (Å²) in [6.45, 7) is 4.33. The Morgan fingerprint density at radius 3 is 2.48 bits per heavy atom. The molecular weight excluding hydrogens is 262 g/mol. The SMILES string of the molecule is c1ccc(OCCN2CCOC(c3ccccc3)C2)cc1. The van der Waals surface area contributed by atoms with Gasteiger partial charge in [-0.25, -0.2) is 0 Å². The van der Waals surface area contributed by atoms with Crippen molar-refractivity contribution >= 4 is 0 Å².